The van der Waals surface area contributed by atoms with Gasteiger partial charge in [0.15, 0.2) is 18.5 Å². The van der Waals surface area contributed by atoms with Crippen LogP contribution >= 0.6 is 0 Å². The molecule has 8 nitrogen and oxygen atoms in total. The van der Waals surface area contributed by atoms with Crippen LogP contribution in [0.5, 0.6) is 0 Å². The second kappa shape index (κ2) is 7.37. The number of fused-ring (bicyclic) bond motifs is 1. The SMILES string of the molecule is N#CC(O[C@H]1OC(C(=O)O)[C@@H](O)C(O)[C@H]1O)c1ccc2ccccc2c1. The minimum absolute atomic E-state index is 0.481. The maximum Gasteiger partial charge on any atom is 0.335 e. The summed E-state index contributed by atoms with van der Waals surface area (Å²) in [5, 5.41) is 49.8. The molecule has 1 heterocycles. The lowest BCUT2D eigenvalue weighted by molar-refractivity contribution is -0.300. The zero-order chi connectivity index (χ0) is 18.8. The fourth-order valence-corrected chi connectivity index (χ4v) is 2.85. The Morgan fingerprint density at radius 3 is 2.42 bits per heavy atom. The number of carboxylic acid groups (broad SMARTS) is 1. The summed E-state index contributed by atoms with van der Waals surface area (Å²) in [6, 6.07) is 14.6. The van der Waals surface area contributed by atoms with E-state index >= 15 is 0 Å². The predicted octanol–water partition coefficient (Wildman–Crippen LogP) is 0.313. The monoisotopic (exact) mass is 359 g/mol. The van der Waals surface area contributed by atoms with Crippen LogP contribution in [0.2, 0.25) is 0 Å². The molecule has 0 aromatic heterocycles. The van der Waals surface area contributed by atoms with Crippen LogP contribution in [0, 0.1) is 11.3 Å². The minimum Gasteiger partial charge on any atom is -0.479 e. The third-order valence-electron chi connectivity index (χ3n) is 4.28. The third-order valence-corrected chi connectivity index (χ3v) is 4.28. The Bertz CT molecular complexity index is 849. The summed E-state index contributed by atoms with van der Waals surface area (Å²) >= 11 is 0. The fraction of sp³-hybridized carbons (Fsp3) is 0.333. The average molecular weight is 359 g/mol. The highest BCUT2D eigenvalue weighted by atomic mass is 16.7. The van der Waals surface area contributed by atoms with Crippen molar-refractivity contribution in [2.24, 2.45) is 0 Å². The average Bonchev–Trinajstić information content (AvgIpc) is 2.65. The van der Waals surface area contributed by atoms with Crippen molar-refractivity contribution in [3.8, 4) is 6.07 Å². The van der Waals surface area contributed by atoms with Crippen LogP contribution in [0.25, 0.3) is 10.8 Å². The second-order valence-electron chi connectivity index (χ2n) is 5.99. The second-order valence-corrected chi connectivity index (χ2v) is 5.99. The molecule has 1 aliphatic rings. The van der Waals surface area contributed by atoms with Gasteiger partial charge in [-0.2, -0.15) is 5.26 Å². The Hall–Kier alpha value is -2.54. The van der Waals surface area contributed by atoms with E-state index in [9.17, 15) is 25.4 Å². The highest BCUT2D eigenvalue weighted by molar-refractivity contribution is 5.83. The maximum absolute atomic E-state index is 11.1. The Morgan fingerprint density at radius 1 is 1.08 bits per heavy atom. The molecule has 1 aliphatic heterocycles. The number of carboxylic acids is 1. The summed E-state index contributed by atoms with van der Waals surface area (Å²) in [5.74, 6) is -1.52. The van der Waals surface area contributed by atoms with E-state index in [0.29, 0.717) is 5.56 Å². The highest BCUT2D eigenvalue weighted by Crippen LogP contribution is 2.29. The van der Waals surface area contributed by atoms with Gasteiger partial charge in [-0.25, -0.2) is 4.79 Å². The van der Waals surface area contributed by atoms with Gasteiger partial charge < -0.3 is 29.9 Å². The van der Waals surface area contributed by atoms with Gasteiger partial charge in [0.05, 0.1) is 6.07 Å². The van der Waals surface area contributed by atoms with Gasteiger partial charge in [0.25, 0.3) is 0 Å². The molecule has 0 bridgehead atoms. The summed E-state index contributed by atoms with van der Waals surface area (Å²) < 4.78 is 10.5. The molecule has 8 heteroatoms. The Kier molecular flexibility index (Phi) is 5.18. The molecule has 3 rings (SSSR count). The lowest BCUT2D eigenvalue weighted by Crippen LogP contribution is -2.60. The molecule has 1 fully saturated rings. The van der Waals surface area contributed by atoms with Gasteiger partial charge in [0, 0.05) is 0 Å². The van der Waals surface area contributed by atoms with Crippen molar-refractivity contribution < 1.29 is 34.7 Å². The molecule has 0 aliphatic carbocycles. The molecule has 1 saturated heterocycles. The van der Waals surface area contributed by atoms with Gasteiger partial charge in [0.1, 0.15) is 18.3 Å². The summed E-state index contributed by atoms with van der Waals surface area (Å²) in [5.41, 5.74) is 0.481. The first-order valence-electron chi connectivity index (χ1n) is 7.88. The molecule has 4 N–H and O–H groups in total. The normalized spacial score (nSPS) is 29.8. The van der Waals surface area contributed by atoms with Crippen molar-refractivity contribution in [1.29, 1.82) is 5.26 Å². The lowest BCUT2D eigenvalue weighted by Gasteiger charge is -2.39. The Morgan fingerprint density at radius 2 is 1.77 bits per heavy atom. The van der Waals surface area contributed by atoms with E-state index in [4.69, 9.17) is 14.6 Å². The van der Waals surface area contributed by atoms with Crippen molar-refractivity contribution in [2.75, 3.05) is 0 Å². The van der Waals surface area contributed by atoms with Gasteiger partial charge in [-0.3, -0.25) is 0 Å². The smallest absolute Gasteiger partial charge is 0.335 e. The molecular weight excluding hydrogens is 342 g/mol. The zero-order valence-corrected chi connectivity index (χ0v) is 13.5. The van der Waals surface area contributed by atoms with Gasteiger partial charge >= 0.3 is 5.97 Å². The number of rotatable bonds is 4. The third kappa shape index (κ3) is 3.39. The molecule has 3 unspecified atom stereocenters. The van der Waals surface area contributed by atoms with E-state index in [1.54, 1.807) is 18.2 Å². The quantitative estimate of drug-likeness (QED) is 0.611. The summed E-state index contributed by atoms with van der Waals surface area (Å²) in [7, 11) is 0. The van der Waals surface area contributed by atoms with Gasteiger partial charge in [-0.05, 0) is 22.4 Å². The lowest BCUT2D eigenvalue weighted by atomic mass is 9.98. The topological polar surface area (TPSA) is 140 Å². The molecule has 2 aromatic rings. The van der Waals surface area contributed by atoms with Crippen LogP contribution in [-0.2, 0) is 14.3 Å². The van der Waals surface area contributed by atoms with E-state index in [1.807, 2.05) is 30.3 Å². The molecule has 26 heavy (non-hydrogen) atoms. The fourth-order valence-electron chi connectivity index (χ4n) is 2.85. The Balaban J connectivity index is 1.84. The summed E-state index contributed by atoms with van der Waals surface area (Å²) in [6.45, 7) is 0. The number of hydrogen-bond donors (Lipinski definition) is 4. The van der Waals surface area contributed by atoms with Crippen LogP contribution in [-0.4, -0.2) is 57.1 Å². The van der Waals surface area contributed by atoms with Crippen LogP contribution in [0.15, 0.2) is 42.5 Å². The zero-order valence-electron chi connectivity index (χ0n) is 13.5. The van der Waals surface area contributed by atoms with E-state index in [-0.39, 0.29) is 0 Å². The van der Waals surface area contributed by atoms with E-state index in [0.717, 1.165) is 10.8 Å². The molecule has 0 amide bonds. The molecule has 0 spiro atoms. The number of nitrogens with zero attached hydrogens (tertiary/aromatic N) is 1. The number of aliphatic carboxylic acids is 1. The van der Waals surface area contributed by atoms with Crippen LogP contribution in [0.1, 0.15) is 11.7 Å². The van der Waals surface area contributed by atoms with Gasteiger partial charge in [-0.1, -0.05) is 36.4 Å². The highest BCUT2D eigenvalue weighted by Gasteiger charge is 2.48. The van der Waals surface area contributed by atoms with Crippen LogP contribution in [0.4, 0.5) is 0 Å². The summed E-state index contributed by atoms with van der Waals surface area (Å²) in [4.78, 5) is 11.1. The molecule has 136 valence electrons. The molecule has 0 radical (unpaired) electrons. The standard InChI is InChI=1S/C18H17NO7/c19-8-12(11-6-5-9-3-1-2-4-10(9)7-11)25-18-15(22)13(20)14(21)16(26-18)17(23)24/h1-7,12-16,18,20-22H,(H,23,24)/t12?,13?,14-,15+,16?,18-/m0/s1. The van der Waals surface area contributed by atoms with Crippen molar-refractivity contribution in [2.45, 2.75) is 36.8 Å². The molecule has 2 aromatic carbocycles. The first-order chi connectivity index (χ1) is 12.4. The van der Waals surface area contributed by atoms with Crippen LogP contribution in [0.3, 0.4) is 0 Å². The number of hydrogen-bond acceptors (Lipinski definition) is 7. The summed E-state index contributed by atoms with van der Waals surface area (Å²) in [6.07, 6.45) is -9.86. The van der Waals surface area contributed by atoms with E-state index in [2.05, 4.69) is 0 Å². The van der Waals surface area contributed by atoms with Gasteiger partial charge in [-0.15, -0.1) is 0 Å². The number of aliphatic hydroxyl groups excluding tert-OH is 3. The van der Waals surface area contributed by atoms with Gasteiger partial charge in [0.2, 0.25) is 0 Å². The van der Waals surface area contributed by atoms with Crippen molar-refractivity contribution in [3.63, 3.8) is 0 Å². The van der Waals surface area contributed by atoms with E-state index < -0.39 is 42.8 Å². The van der Waals surface area contributed by atoms with E-state index in [1.165, 1.54) is 0 Å². The van der Waals surface area contributed by atoms with Crippen molar-refractivity contribution in [3.05, 3.63) is 48.0 Å². The Labute approximate surface area is 148 Å². The molecular formula is C18H17NO7. The number of nitriles is 1. The first kappa shape index (κ1) is 18.3. The number of benzene rings is 2. The van der Waals surface area contributed by atoms with Crippen molar-refractivity contribution >= 4 is 16.7 Å². The first-order valence-corrected chi connectivity index (χ1v) is 7.88. The maximum atomic E-state index is 11.1. The van der Waals surface area contributed by atoms with Crippen LogP contribution < -0.4 is 0 Å². The van der Waals surface area contributed by atoms with Crippen molar-refractivity contribution in [1.82, 2.24) is 0 Å². The number of carbonyl (C=O) groups is 1. The predicted molar refractivity (Wildman–Crippen MR) is 87.7 cm³/mol. The number of aliphatic hydroxyl groups is 3. The largest absolute Gasteiger partial charge is 0.479 e. The number of ether oxygens (including phenoxy) is 2. The molecule has 6 atom stereocenters. The minimum atomic E-state index is -1.82. The molecule has 0 saturated carbocycles.